The van der Waals surface area contributed by atoms with E-state index in [9.17, 15) is 0 Å². The van der Waals surface area contributed by atoms with Gasteiger partial charge in [0, 0.05) is 0 Å². The molecule has 0 saturated carbocycles. The van der Waals surface area contributed by atoms with Gasteiger partial charge in [0.25, 0.3) is 0 Å². The van der Waals surface area contributed by atoms with Crippen LogP contribution in [0.3, 0.4) is 0 Å². The van der Waals surface area contributed by atoms with Gasteiger partial charge in [-0.15, -0.1) is 70.5 Å². The van der Waals surface area contributed by atoms with Crippen LogP contribution in [0.5, 0.6) is 0 Å². The summed E-state index contributed by atoms with van der Waals surface area (Å²) in [6.07, 6.45) is 21.9. The third-order valence-corrected chi connectivity index (χ3v) is 31.2. The Morgan fingerprint density at radius 3 is 0.755 bits per heavy atom. The van der Waals surface area contributed by atoms with Gasteiger partial charge >= 0.3 is 200 Å². The molecule has 528 valence electrons. The molecule has 0 N–H and O–H groups in total. The topological polar surface area (TPSA) is 0 Å². The molecule has 4 aliphatic rings. The van der Waals surface area contributed by atoms with Crippen molar-refractivity contribution < 1.29 is 71.5 Å². The van der Waals surface area contributed by atoms with Crippen LogP contribution in [0.2, 0.25) is 0 Å². The molecule has 0 nitrogen and oxygen atoms in total. The quantitative estimate of drug-likeness (QED) is 0.105. The Labute approximate surface area is 678 Å². The molecule has 106 heavy (non-hydrogen) atoms. The second kappa shape index (κ2) is 38.0. The zero-order chi connectivity index (χ0) is 73.4. The van der Waals surface area contributed by atoms with E-state index < -0.39 is 10.9 Å². The summed E-state index contributed by atoms with van der Waals surface area (Å²) in [7, 11) is 0. The molecule has 0 radical (unpaired) electrons. The van der Waals surface area contributed by atoms with E-state index in [1.807, 2.05) is 24.3 Å². The minimum atomic E-state index is -0.455. The Balaban J connectivity index is 0.000000164. The molecule has 4 aliphatic carbocycles. The Morgan fingerprint density at radius 2 is 0.528 bits per heavy atom. The molecule has 0 unspecified atom stereocenters. The fraction of sp³-hybridized carbons (Fsp3) is 0.200. The molecule has 0 saturated heterocycles. The second-order valence-corrected chi connectivity index (χ2v) is 42.2. The number of rotatable bonds is 8. The minimum absolute atomic E-state index is 0. The first-order valence-electron chi connectivity index (χ1n) is 36.6. The standard InChI is InChI=1S/2C33H33.2C12H10Si.2C5H5.2ClH.2Zr/c2*1-32(2,3)30-20-26-24(18-28(30)22-13-9-7-10-14-22)17-25-19-29(23-15-11-8-12-16-23)31(21-27(25)26)33(4,5)6;2*1-3-7-11(8-4-1)13-12-9-5-2-6-10-12;2*1-2-4-5-3-1;;;;/h2*7-16,18,20-21H,17H2,1-6H3;2*1-10H;2*1-3H,4H2;2*1H;;/q2*-1;;;2*-1;;;2*+2/p-2. The number of fused-ring (bicyclic) bond motifs is 6. The molecule has 0 aromatic heterocycles. The third kappa shape index (κ3) is 21.4. The number of halogens is 2. The van der Waals surface area contributed by atoms with Crippen LogP contribution in [0.25, 0.3) is 66.8 Å². The van der Waals surface area contributed by atoms with E-state index in [1.165, 1.54) is 132 Å². The summed E-state index contributed by atoms with van der Waals surface area (Å²) in [5.41, 5.74) is 26.1. The average Bonchev–Trinajstić information content (AvgIpc) is 1.57. The number of benzene rings is 12. The molecule has 16 rings (SSSR count). The number of hydrogen-bond donors (Lipinski definition) is 0. The number of allylic oxidation sites excluding steroid dienone is 8. The molecule has 0 heterocycles. The van der Waals surface area contributed by atoms with Crippen molar-refractivity contribution in [2.24, 2.45) is 0 Å². The van der Waals surface area contributed by atoms with Gasteiger partial charge in [0.15, 0.2) is 0 Å². The summed E-state index contributed by atoms with van der Waals surface area (Å²) < 4.78 is 0. The van der Waals surface area contributed by atoms with Crippen LogP contribution in [0.15, 0.2) is 316 Å². The Bertz CT molecular complexity index is 4380. The van der Waals surface area contributed by atoms with Crippen LogP contribution < -0.4 is 45.6 Å². The molecule has 12 aromatic carbocycles. The van der Waals surface area contributed by atoms with E-state index in [4.69, 9.17) is 0 Å². The molecule has 0 spiro atoms. The van der Waals surface area contributed by atoms with Crippen molar-refractivity contribution in [2.45, 2.75) is 130 Å². The van der Waals surface area contributed by atoms with E-state index in [0.29, 0.717) is 0 Å². The van der Waals surface area contributed by atoms with E-state index in [1.54, 1.807) is 46.7 Å². The SMILES string of the molecule is CC(C)(C)c1cc2c([c-]c1-c1ccccc1)Cc1cc(-c3ccccc3)c(C(C)(C)C)cc1-2.CC(C)(C)c1cc2c([c-]c1-c1ccccc1)Cc1cc(-c3ccccc3)c(C(C)(C)C)cc1-2.[C-]1=CC=CC1.[C-]1=CC=CC1.[Cl-].[Cl-].[Zr+2]=[Si](c1ccccc1)c1ccccc1.[Zr+2]=[Si](c1ccccc1)c1ccccc1. The molecule has 0 atom stereocenters. The van der Waals surface area contributed by atoms with Gasteiger partial charge in [-0.3, -0.25) is 12.2 Å². The zero-order valence-electron chi connectivity index (χ0n) is 63.6. The van der Waals surface area contributed by atoms with Crippen LogP contribution in [0, 0.1) is 24.3 Å². The van der Waals surface area contributed by atoms with Crippen LogP contribution in [0.4, 0.5) is 0 Å². The van der Waals surface area contributed by atoms with Crippen molar-refractivity contribution in [1.82, 2.24) is 0 Å². The third-order valence-electron chi connectivity index (χ3n) is 19.1. The van der Waals surface area contributed by atoms with Gasteiger partial charge in [-0.05, 0) is 79.0 Å². The Hall–Kier alpha value is -7.62. The Kier molecular flexibility index (Phi) is 29.5. The first kappa shape index (κ1) is 82.4. The van der Waals surface area contributed by atoms with Crippen molar-refractivity contribution >= 4 is 31.6 Å². The zero-order valence-corrected chi connectivity index (χ0v) is 72.0. The van der Waals surface area contributed by atoms with Crippen molar-refractivity contribution in [3.05, 3.63) is 384 Å². The summed E-state index contributed by atoms with van der Waals surface area (Å²) in [5, 5.41) is 6.06. The summed E-state index contributed by atoms with van der Waals surface area (Å²) >= 11 is 3.29. The molecular weight excluding hydrogens is 1510 g/mol. The normalized spacial score (nSPS) is 12.4. The van der Waals surface area contributed by atoms with Crippen molar-refractivity contribution in [3.63, 3.8) is 0 Å². The van der Waals surface area contributed by atoms with Crippen molar-refractivity contribution in [1.29, 1.82) is 0 Å². The molecule has 6 heteroatoms. The Morgan fingerprint density at radius 1 is 0.283 bits per heavy atom. The van der Waals surface area contributed by atoms with Crippen molar-refractivity contribution in [2.75, 3.05) is 0 Å². The van der Waals surface area contributed by atoms with Gasteiger partial charge in [0.2, 0.25) is 0 Å². The summed E-state index contributed by atoms with van der Waals surface area (Å²) in [6.45, 7) is 27.8. The molecule has 0 amide bonds. The van der Waals surface area contributed by atoms with E-state index in [-0.39, 0.29) is 46.5 Å². The fourth-order valence-corrected chi connectivity index (χ4v) is 21.3. The molecular formula is C100H96Cl2Si2Zr2-2. The molecule has 0 fully saturated rings. The van der Waals surface area contributed by atoms with Crippen LogP contribution >= 0.6 is 0 Å². The first-order valence-corrected chi connectivity index (χ1v) is 47.0. The van der Waals surface area contributed by atoms with E-state index in [0.717, 1.165) is 25.7 Å². The maximum atomic E-state index is 3.88. The van der Waals surface area contributed by atoms with Crippen LogP contribution in [0.1, 0.15) is 140 Å². The van der Waals surface area contributed by atoms with Crippen molar-refractivity contribution in [3.8, 4) is 66.8 Å². The summed E-state index contributed by atoms with van der Waals surface area (Å²) in [6, 6.07) is 109. The first-order chi connectivity index (χ1) is 50.0. The van der Waals surface area contributed by atoms with Gasteiger partial charge in [-0.25, -0.2) is 24.3 Å². The fourth-order valence-electron chi connectivity index (χ4n) is 13.6. The van der Waals surface area contributed by atoms with E-state index >= 15 is 0 Å². The van der Waals surface area contributed by atoms with Gasteiger partial charge in [-0.2, -0.15) is 12.2 Å². The summed E-state index contributed by atoms with van der Waals surface area (Å²) in [4.78, 5) is 0. The summed E-state index contributed by atoms with van der Waals surface area (Å²) in [5.74, 6) is 0. The second-order valence-electron chi connectivity index (χ2n) is 31.0. The monoisotopic (exact) mass is 1600 g/mol. The predicted octanol–water partition coefficient (Wildman–Crippen LogP) is 17.3. The van der Waals surface area contributed by atoms with Gasteiger partial charge in [0.1, 0.15) is 0 Å². The maximum absolute atomic E-state index is 3.88. The predicted molar refractivity (Wildman–Crippen MR) is 443 cm³/mol. The van der Waals surface area contributed by atoms with Gasteiger partial charge in [0.05, 0.1) is 0 Å². The number of hydrogen-bond acceptors (Lipinski definition) is 0. The average molecular weight is 1610 g/mol. The van der Waals surface area contributed by atoms with E-state index in [2.05, 4.69) is 399 Å². The molecule has 12 aromatic rings. The van der Waals surface area contributed by atoms with Crippen LogP contribution in [-0.4, -0.2) is 10.9 Å². The molecule has 0 bridgehead atoms. The molecule has 0 aliphatic heterocycles. The van der Waals surface area contributed by atoms with Gasteiger partial charge in [-0.1, -0.05) is 262 Å². The van der Waals surface area contributed by atoms with Gasteiger partial charge < -0.3 is 24.8 Å². The van der Waals surface area contributed by atoms with Crippen LogP contribution in [-0.2, 0) is 81.2 Å².